The molecule has 0 spiro atoms. The number of aromatic nitrogens is 4. The van der Waals surface area contributed by atoms with E-state index in [1.165, 1.54) is 26.5 Å². The first-order chi connectivity index (χ1) is 32.8. The van der Waals surface area contributed by atoms with E-state index in [4.69, 9.17) is 39.6 Å². The van der Waals surface area contributed by atoms with Gasteiger partial charge in [0.25, 0.3) is 0 Å². The van der Waals surface area contributed by atoms with E-state index in [1.54, 1.807) is 36.4 Å². The zero-order valence-corrected chi connectivity index (χ0v) is 39.4. The Morgan fingerprint density at radius 1 is 0.710 bits per heavy atom. The Balaban J connectivity index is 0.818. The first kappa shape index (κ1) is 44.6. The topological polar surface area (TPSA) is 159 Å². The summed E-state index contributed by atoms with van der Waals surface area (Å²) in [6, 6.07) is 16.5. The van der Waals surface area contributed by atoms with Gasteiger partial charge in [-0.3, -0.25) is 0 Å². The molecule has 1 unspecified atom stereocenters. The smallest absolute Gasteiger partial charge is 0.496 e. The van der Waals surface area contributed by atoms with Crippen molar-refractivity contribution in [3.63, 3.8) is 0 Å². The molecule has 6 aromatic rings. The summed E-state index contributed by atoms with van der Waals surface area (Å²) < 4.78 is 99.4. The van der Waals surface area contributed by atoms with Gasteiger partial charge in [-0.2, -0.15) is 33.6 Å². The van der Waals surface area contributed by atoms with E-state index in [2.05, 4.69) is 48.1 Å². The molecule has 356 valence electrons. The van der Waals surface area contributed by atoms with E-state index < -0.39 is 54.5 Å². The quantitative estimate of drug-likeness (QED) is 0.111. The van der Waals surface area contributed by atoms with Crippen LogP contribution in [0.2, 0.25) is 0 Å². The molecule has 9 atom stereocenters. The van der Waals surface area contributed by atoms with Crippen LogP contribution in [0.3, 0.4) is 0 Å². The summed E-state index contributed by atoms with van der Waals surface area (Å²) in [5, 5.41) is 18.8. The summed E-state index contributed by atoms with van der Waals surface area (Å²) in [5.41, 5.74) is 14.8. The van der Waals surface area contributed by atoms with E-state index in [1.807, 2.05) is 19.1 Å². The first-order valence-electron chi connectivity index (χ1n) is 23.6. The highest BCUT2D eigenvalue weighted by Gasteiger charge is 2.70. The maximum atomic E-state index is 16.9. The second kappa shape index (κ2) is 15.0. The minimum absolute atomic E-state index is 0.0292. The van der Waals surface area contributed by atoms with Gasteiger partial charge in [0, 0.05) is 21.8 Å². The molecule has 4 aromatic carbocycles. The predicted molar refractivity (Wildman–Crippen MR) is 254 cm³/mol. The Morgan fingerprint density at radius 2 is 1.35 bits per heavy atom. The van der Waals surface area contributed by atoms with E-state index in [0.29, 0.717) is 91.5 Å². The molecule has 4 N–H and O–H groups in total. The number of nitrogen functional groups attached to an aromatic ring is 2. The number of fused-ring (bicyclic) bond motifs is 2. The van der Waals surface area contributed by atoms with Crippen LogP contribution in [0.1, 0.15) is 71.6 Å². The number of methoxy groups -OCH3 is 2. The van der Waals surface area contributed by atoms with Gasteiger partial charge in [-0.05, 0) is 133 Å². The fourth-order valence-electron chi connectivity index (χ4n) is 13.8. The molecule has 18 heteroatoms. The molecule has 4 heterocycles. The van der Waals surface area contributed by atoms with Crippen LogP contribution in [0, 0.1) is 40.3 Å². The van der Waals surface area contributed by atoms with Crippen molar-refractivity contribution in [2.24, 2.45) is 34.5 Å². The van der Waals surface area contributed by atoms with Crippen LogP contribution in [0.5, 0.6) is 11.5 Å². The lowest BCUT2D eigenvalue weighted by atomic mass is 9.42. The lowest BCUT2D eigenvalue weighted by molar-refractivity contribution is -0.207. The normalized spacial score (nSPS) is 30.8. The Labute approximate surface area is 397 Å². The van der Waals surface area contributed by atoms with Crippen molar-refractivity contribution >= 4 is 58.3 Å². The molecule has 12 nitrogen and oxygen atoms in total. The lowest BCUT2D eigenvalue weighted by Gasteiger charge is -2.65. The number of halogens is 4. The SMILES string of the molecule is COc1cc(C(F)(F)F)c(B2O[C@@H]3C[C@@H]4C[C@@H](C4(C)Cc4nnc5cc(-c6c(OC)ccc(B7O[C@@H]8C[C@@H]9C[C@@H](C9(C)C)[C@]8(C)O7)c6F)ccc5c4N)[C@]3(C)O2)cc1-c1ccc2c(N)cnnc2c1. The van der Waals surface area contributed by atoms with Gasteiger partial charge in [-0.25, -0.2) is 4.39 Å². The maximum Gasteiger partial charge on any atom is 0.497 e. The highest BCUT2D eigenvalue weighted by molar-refractivity contribution is 6.63. The van der Waals surface area contributed by atoms with Gasteiger partial charge in [0.1, 0.15) is 17.3 Å². The van der Waals surface area contributed by atoms with Crippen LogP contribution in [0.25, 0.3) is 44.1 Å². The molecular formula is C51H52B2F4N6O6. The highest BCUT2D eigenvalue weighted by atomic mass is 19.4. The molecule has 2 saturated heterocycles. The van der Waals surface area contributed by atoms with Gasteiger partial charge in [0.05, 0.1) is 83.1 Å². The van der Waals surface area contributed by atoms with E-state index in [9.17, 15) is 13.2 Å². The molecule has 6 aliphatic carbocycles. The lowest BCUT2D eigenvalue weighted by Crippen LogP contribution is -2.67. The largest absolute Gasteiger partial charge is 0.497 e. The number of alkyl halides is 3. The first-order valence-corrected chi connectivity index (χ1v) is 23.6. The zero-order chi connectivity index (χ0) is 48.3. The average molecular weight is 943 g/mol. The number of ether oxygens (including phenoxy) is 2. The molecule has 4 bridgehead atoms. The zero-order valence-electron chi connectivity index (χ0n) is 39.4. The molecule has 69 heavy (non-hydrogen) atoms. The molecule has 8 fully saturated rings. The molecule has 0 amide bonds. The number of nitrogens with two attached hydrogens (primary N) is 2. The van der Waals surface area contributed by atoms with E-state index in [0.717, 1.165) is 25.3 Å². The van der Waals surface area contributed by atoms with Crippen LogP contribution in [0.4, 0.5) is 28.9 Å². The summed E-state index contributed by atoms with van der Waals surface area (Å²) in [7, 11) is 0.670. The molecule has 0 radical (unpaired) electrons. The standard InChI is InChI=1S/C51H52B2F4N6O6/c1-47(2)26-16-40(47)49(4)42(18-26)66-52(68-49)32-12-13-38(64-6)44(45(32)54)25-9-11-29-36(15-25)62-63-37(46(29)59)22-48(3)27-17-41(48)50(5)43(19-27)67-53(69-50)33-20-30(39(65-7)21-31(33)51(55,56)57)24-8-10-28-34(58)23-60-61-35(28)14-24/h8-15,20-21,23,26-27,40-43H,16-19,22H2,1-7H3,(H2,58,61)(H2,59,62)/t26-,27-,40-,41-,42+,43+,48?,49-,50-/m0/s1. The summed E-state index contributed by atoms with van der Waals surface area (Å²) >= 11 is 0. The third-order valence-corrected chi connectivity index (χ3v) is 17.9. The highest BCUT2D eigenvalue weighted by Crippen LogP contribution is 2.68. The summed E-state index contributed by atoms with van der Waals surface area (Å²) in [6.07, 6.45) is -0.0748. The van der Waals surface area contributed by atoms with Crippen LogP contribution in [-0.4, -0.2) is 72.3 Å². The second-order valence-corrected chi connectivity index (χ2v) is 21.5. The van der Waals surface area contributed by atoms with Crippen LogP contribution < -0.4 is 31.9 Å². The third-order valence-electron chi connectivity index (χ3n) is 17.9. The van der Waals surface area contributed by atoms with Crippen molar-refractivity contribution in [2.45, 2.75) is 96.3 Å². The Bertz CT molecular complexity index is 3150. The van der Waals surface area contributed by atoms with Crippen LogP contribution >= 0.6 is 0 Å². The van der Waals surface area contributed by atoms with Crippen molar-refractivity contribution in [3.8, 4) is 33.8 Å². The third kappa shape index (κ3) is 6.36. The minimum atomic E-state index is -4.74. The number of hydrogen-bond donors (Lipinski definition) is 2. The van der Waals surface area contributed by atoms with Crippen LogP contribution in [0.15, 0.2) is 66.9 Å². The van der Waals surface area contributed by atoms with Gasteiger partial charge in [-0.15, -0.1) is 0 Å². The Morgan fingerprint density at radius 3 is 2.06 bits per heavy atom. The van der Waals surface area contributed by atoms with E-state index in [-0.39, 0.29) is 40.1 Å². The molecule has 2 aromatic heterocycles. The van der Waals surface area contributed by atoms with Gasteiger partial charge in [0.15, 0.2) is 0 Å². The van der Waals surface area contributed by atoms with E-state index >= 15 is 4.39 Å². The van der Waals surface area contributed by atoms with Crippen molar-refractivity contribution in [1.29, 1.82) is 0 Å². The fourth-order valence-corrected chi connectivity index (χ4v) is 13.8. The number of benzene rings is 4. The number of anilines is 2. The van der Waals surface area contributed by atoms with Crippen molar-refractivity contribution < 1.29 is 45.7 Å². The molecule has 8 aliphatic rings. The molecule has 14 rings (SSSR count). The number of hydrogen-bond acceptors (Lipinski definition) is 12. The van der Waals surface area contributed by atoms with Crippen LogP contribution in [-0.2, 0) is 31.2 Å². The molecule has 6 saturated carbocycles. The maximum absolute atomic E-state index is 16.9. The predicted octanol–water partition coefficient (Wildman–Crippen LogP) is 8.34. The molecule has 2 aliphatic heterocycles. The second-order valence-electron chi connectivity index (χ2n) is 21.5. The minimum Gasteiger partial charge on any atom is -0.496 e. The van der Waals surface area contributed by atoms with Crippen molar-refractivity contribution in [2.75, 3.05) is 25.7 Å². The van der Waals surface area contributed by atoms with Crippen molar-refractivity contribution in [1.82, 2.24) is 20.4 Å². The monoisotopic (exact) mass is 942 g/mol. The summed E-state index contributed by atoms with van der Waals surface area (Å²) in [4.78, 5) is 0. The average Bonchev–Trinajstić information content (AvgIpc) is 3.87. The van der Waals surface area contributed by atoms with Gasteiger partial charge in [0.2, 0.25) is 0 Å². The summed E-state index contributed by atoms with van der Waals surface area (Å²) in [5.74, 6) is 0.824. The fraction of sp³-hybridized carbons (Fsp3) is 0.451. The molecular weight excluding hydrogens is 890 g/mol. The number of nitrogens with zero attached hydrogens (tertiary/aromatic N) is 4. The Hall–Kier alpha value is -5.55. The van der Waals surface area contributed by atoms with Gasteiger partial charge >= 0.3 is 20.4 Å². The number of rotatable bonds is 8. The van der Waals surface area contributed by atoms with Gasteiger partial charge < -0.3 is 39.6 Å². The van der Waals surface area contributed by atoms with Crippen molar-refractivity contribution in [3.05, 3.63) is 83.9 Å². The summed E-state index contributed by atoms with van der Waals surface area (Å²) in [6.45, 7) is 10.8. The van der Waals surface area contributed by atoms with Gasteiger partial charge in [-0.1, -0.05) is 45.0 Å². The Kier molecular flexibility index (Phi) is 9.70.